The van der Waals surface area contributed by atoms with Crippen molar-refractivity contribution in [2.45, 2.75) is 30.6 Å². The van der Waals surface area contributed by atoms with Gasteiger partial charge < -0.3 is 9.84 Å². The number of carboxylic acid groups (broad SMARTS) is 1. The third kappa shape index (κ3) is 7.91. The third-order valence-corrected chi connectivity index (χ3v) is 9.14. The van der Waals surface area contributed by atoms with Gasteiger partial charge in [0.2, 0.25) is 0 Å². The number of fused-ring (bicyclic) bond motifs is 1. The Hall–Kier alpha value is -5.16. The number of aliphatic carboxylic acids is 1. The molecule has 0 fully saturated rings. The fourth-order valence-electron chi connectivity index (χ4n) is 5.08. The molecule has 0 aliphatic carbocycles. The van der Waals surface area contributed by atoms with Gasteiger partial charge >= 0.3 is 12.3 Å². The van der Waals surface area contributed by atoms with Crippen LogP contribution in [-0.4, -0.2) is 31.6 Å². The number of ketones is 1. The fourth-order valence-corrected chi connectivity index (χ4v) is 6.52. The number of sulfonamides is 1. The average molecular weight is 648 g/mol. The largest absolute Gasteiger partial charge is 0.573 e. The Morgan fingerprint density at radius 1 is 0.761 bits per heavy atom. The molecule has 0 bridgehead atoms. The highest BCUT2D eigenvalue weighted by atomic mass is 32.2. The van der Waals surface area contributed by atoms with Crippen LogP contribution < -0.4 is 9.04 Å². The number of benzene rings is 5. The molecule has 0 spiro atoms. The first-order chi connectivity index (χ1) is 21.9. The summed E-state index contributed by atoms with van der Waals surface area (Å²) in [5.41, 5.74) is 1.61. The van der Waals surface area contributed by atoms with Crippen molar-refractivity contribution in [3.05, 3.63) is 138 Å². The zero-order chi connectivity index (χ0) is 32.9. The number of halogens is 3. The number of carbonyl (C=O) groups excluding carboxylic acids is 1. The van der Waals surface area contributed by atoms with Crippen LogP contribution in [0.2, 0.25) is 0 Å². The van der Waals surface area contributed by atoms with E-state index in [0.29, 0.717) is 5.56 Å². The molecule has 1 N–H and O–H groups in total. The second kappa shape index (κ2) is 13.5. The van der Waals surface area contributed by atoms with Crippen molar-refractivity contribution in [2.24, 2.45) is 5.92 Å². The summed E-state index contributed by atoms with van der Waals surface area (Å²) >= 11 is 0. The number of carboxylic acids is 1. The van der Waals surface area contributed by atoms with E-state index >= 15 is 0 Å². The van der Waals surface area contributed by atoms with Crippen molar-refractivity contribution in [2.75, 3.05) is 4.31 Å². The number of hydrogen-bond acceptors (Lipinski definition) is 5. The summed E-state index contributed by atoms with van der Waals surface area (Å²) in [5, 5.41) is 11.6. The minimum absolute atomic E-state index is 0.115. The molecule has 0 saturated carbocycles. The van der Waals surface area contributed by atoms with Crippen molar-refractivity contribution in [3.63, 3.8) is 0 Å². The van der Waals surface area contributed by atoms with Gasteiger partial charge in [-0.25, -0.2) is 8.42 Å². The zero-order valence-electron chi connectivity index (χ0n) is 24.2. The van der Waals surface area contributed by atoms with Crippen LogP contribution in [0.15, 0.2) is 126 Å². The summed E-state index contributed by atoms with van der Waals surface area (Å²) in [6.45, 7) is -0.169. The Kier molecular flexibility index (Phi) is 9.43. The summed E-state index contributed by atoms with van der Waals surface area (Å²) in [7, 11) is -4.39. The van der Waals surface area contributed by atoms with Crippen molar-refractivity contribution in [1.29, 1.82) is 0 Å². The second-order valence-corrected chi connectivity index (χ2v) is 12.5. The highest BCUT2D eigenvalue weighted by molar-refractivity contribution is 7.92. The molecule has 236 valence electrons. The first-order valence-electron chi connectivity index (χ1n) is 14.2. The van der Waals surface area contributed by atoms with Gasteiger partial charge in [-0.15, -0.1) is 13.2 Å². The number of carbonyl (C=O) groups is 2. The van der Waals surface area contributed by atoms with Crippen LogP contribution in [0.1, 0.15) is 27.9 Å². The van der Waals surface area contributed by atoms with E-state index in [1.807, 2.05) is 36.4 Å². The van der Waals surface area contributed by atoms with Crippen molar-refractivity contribution in [1.82, 2.24) is 0 Å². The Morgan fingerprint density at radius 3 is 2.11 bits per heavy atom. The van der Waals surface area contributed by atoms with Gasteiger partial charge in [0.25, 0.3) is 10.0 Å². The molecule has 1 atom stereocenters. The maximum atomic E-state index is 14.0. The molecule has 7 nitrogen and oxygen atoms in total. The summed E-state index contributed by atoms with van der Waals surface area (Å²) < 4.78 is 71.2. The van der Waals surface area contributed by atoms with Crippen LogP contribution in [0.25, 0.3) is 10.8 Å². The van der Waals surface area contributed by atoms with Crippen molar-refractivity contribution in [3.8, 4) is 5.75 Å². The number of Topliss-reactive ketones (excluding diaryl/α,β-unsaturated/α-hetero) is 1. The van der Waals surface area contributed by atoms with Gasteiger partial charge in [-0.3, -0.25) is 13.9 Å². The Morgan fingerprint density at radius 2 is 1.43 bits per heavy atom. The molecule has 5 aromatic rings. The zero-order valence-corrected chi connectivity index (χ0v) is 25.0. The standard InChI is InChI=1S/C35H28F3NO6S/c36-35(37,38)45-31-15-17-32(18-16-31)46(43,44)39(23-25-13-14-26-9-4-5-10-27(26)20-25)30-12-6-11-28(21-30)33(40)22-29(34(41)42)19-24-7-2-1-3-8-24/h1-18,20-21,29H,19,22-23H2,(H,41,42). The summed E-state index contributed by atoms with van der Waals surface area (Å²) in [6, 6.07) is 31.6. The number of hydrogen-bond donors (Lipinski definition) is 1. The van der Waals surface area contributed by atoms with Crippen LogP contribution in [-0.2, 0) is 27.8 Å². The van der Waals surface area contributed by atoms with E-state index in [1.165, 1.54) is 24.3 Å². The topological polar surface area (TPSA) is 101 Å². The fraction of sp³-hybridized carbons (Fsp3) is 0.143. The second-order valence-electron chi connectivity index (χ2n) is 10.6. The average Bonchev–Trinajstić information content (AvgIpc) is 3.03. The van der Waals surface area contributed by atoms with Gasteiger partial charge in [0.05, 0.1) is 23.0 Å². The van der Waals surface area contributed by atoms with Gasteiger partial charge in [0.15, 0.2) is 5.78 Å². The maximum absolute atomic E-state index is 14.0. The van der Waals surface area contributed by atoms with Crippen LogP contribution in [0.4, 0.5) is 18.9 Å². The predicted molar refractivity (Wildman–Crippen MR) is 167 cm³/mol. The van der Waals surface area contributed by atoms with E-state index in [1.54, 1.807) is 36.4 Å². The molecule has 0 saturated heterocycles. The van der Waals surface area contributed by atoms with Crippen LogP contribution in [0, 0.1) is 5.92 Å². The lowest BCUT2D eigenvalue weighted by atomic mass is 9.92. The lowest BCUT2D eigenvalue weighted by Crippen LogP contribution is -2.31. The van der Waals surface area contributed by atoms with E-state index < -0.39 is 39.8 Å². The quantitative estimate of drug-likeness (QED) is 0.140. The number of nitrogens with zero attached hydrogens (tertiary/aromatic N) is 1. The van der Waals surface area contributed by atoms with Crippen LogP contribution in [0.3, 0.4) is 0 Å². The lowest BCUT2D eigenvalue weighted by molar-refractivity contribution is -0.274. The SMILES string of the molecule is O=C(CC(Cc1ccccc1)C(=O)O)c1cccc(N(Cc2ccc3ccccc3c2)S(=O)(=O)c2ccc(OC(F)(F)F)cc2)c1. The Balaban J connectivity index is 1.49. The highest BCUT2D eigenvalue weighted by Crippen LogP contribution is 2.31. The predicted octanol–water partition coefficient (Wildman–Crippen LogP) is 7.65. The number of rotatable bonds is 12. The van der Waals surface area contributed by atoms with E-state index in [0.717, 1.165) is 44.9 Å². The Bertz CT molecular complexity index is 1960. The molecule has 0 aliphatic rings. The molecule has 5 aromatic carbocycles. The first kappa shape index (κ1) is 32.2. The smallest absolute Gasteiger partial charge is 0.481 e. The molecule has 1 unspecified atom stereocenters. The number of alkyl halides is 3. The molecule has 0 heterocycles. The molecule has 11 heteroatoms. The van der Waals surface area contributed by atoms with Crippen molar-refractivity contribution < 1.29 is 41.0 Å². The minimum Gasteiger partial charge on any atom is -0.481 e. The maximum Gasteiger partial charge on any atom is 0.573 e. The number of ether oxygens (including phenoxy) is 1. The van der Waals surface area contributed by atoms with Gasteiger partial charge in [-0.05, 0) is 70.8 Å². The molecule has 0 radical (unpaired) electrons. The number of anilines is 1. The molecular formula is C35H28F3NO6S. The van der Waals surface area contributed by atoms with Gasteiger partial charge in [-0.1, -0.05) is 78.9 Å². The van der Waals surface area contributed by atoms with E-state index in [4.69, 9.17) is 0 Å². The monoisotopic (exact) mass is 647 g/mol. The molecule has 0 amide bonds. The van der Waals surface area contributed by atoms with Crippen LogP contribution >= 0.6 is 0 Å². The molecule has 0 aromatic heterocycles. The van der Waals surface area contributed by atoms with E-state index in [9.17, 15) is 36.3 Å². The third-order valence-electron chi connectivity index (χ3n) is 7.35. The lowest BCUT2D eigenvalue weighted by Gasteiger charge is -2.25. The summed E-state index contributed by atoms with van der Waals surface area (Å²) in [4.78, 5) is 25.1. The van der Waals surface area contributed by atoms with Crippen molar-refractivity contribution >= 4 is 38.2 Å². The minimum atomic E-state index is -4.95. The van der Waals surface area contributed by atoms with Gasteiger partial charge in [-0.2, -0.15) is 0 Å². The van der Waals surface area contributed by atoms with Gasteiger partial charge in [0.1, 0.15) is 5.75 Å². The molecule has 0 aliphatic heterocycles. The van der Waals surface area contributed by atoms with Crippen LogP contribution in [0.5, 0.6) is 5.75 Å². The summed E-state index contributed by atoms with van der Waals surface area (Å²) in [6.07, 6.45) is -5.12. The van der Waals surface area contributed by atoms with E-state index in [-0.39, 0.29) is 35.5 Å². The molecule has 5 rings (SSSR count). The first-order valence-corrected chi connectivity index (χ1v) is 15.6. The Labute approximate surface area is 263 Å². The summed E-state index contributed by atoms with van der Waals surface area (Å²) in [5.74, 6) is -3.20. The van der Waals surface area contributed by atoms with E-state index in [2.05, 4.69) is 4.74 Å². The molecule has 46 heavy (non-hydrogen) atoms. The highest BCUT2D eigenvalue weighted by Gasteiger charge is 2.32. The van der Waals surface area contributed by atoms with Gasteiger partial charge in [0, 0.05) is 12.0 Å². The molecular weight excluding hydrogens is 619 g/mol. The normalized spacial score (nSPS) is 12.4.